The molecule has 0 atom stereocenters. The first-order valence-electron chi connectivity index (χ1n) is 4.04. The van der Waals surface area contributed by atoms with E-state index in [2.05, 4.69) is 6.92 Å². The number of aryl methyl sites for hydroxylation is 1. The van der Waals surface area contributed by atoms with E-state index in [9.17, 15) is 4.39 Å². The maximum Gasteiger partial charge on any atom is 0.123 e. The smallest absolute Gasteiger partial charge is 0.123 e. The van der Waals surface area contributed by atoms with Crippen LogP contribution in [0.25, 0.3) is 0 Å². The summed E-state index contributed by atoms with van der Waals surface area (Å²) in [4.78, 5) is 0. The van der Waals surface area contributed by atoms with E-state index in [-0.39, 0.29) is 5.82 Å². The first-order chi connectivity index (χ1) is 5.77. The average Bonchev–Trinajstić information content (AvgIpc) is 2.05. The van der Waals surface area contributed by atoms with E-state index in [1.807, 2.05) is 12.3 Å². The predicted octanol–water partition coefficient (Wildman–Crippen LogP) is 3.25. The minimum Gasteiger partial charge on any atom is -0.207 e. The van der Waals surface area contributed by atoms with Gasteiger partial charge in [-0.1, -0.05) is 13.0 Å². The molecule has 12 heavy (non-hydrogen) atoms. The van der Waals surface area contributed by atoms with Gasteiger partial charge in [0.15, 0.2) is 0 Å². The molecule has 0 bridgehead atoms. The largest absolute Gasteiger partial charge is 0.207 e. The summed E-state index contributed by atoms with van der Waals surface area (Å²) in [5.74, 6) is 0.775. The number of rotatable bonds is 3. The van der Waals surface area contributed by atoms with Crippen LogP contribution in [0, 0.1) is 5.82 Å². The summed E-state index contributed by atoms with van der Waals surface area (Å²) in [5, 5.41) is 0. The van der Waals surface area contributed by atoms with Gasteiger partial charge in [-0.05, 0) is 35.9 Å². The molecule has 0 amide bonds. The van der Waals surface area contributed by atoms with Gasteiger partial charge in [-0.25, -0.2) is 4.39 Å². The topological polar surface area (TPSA) is 0 Å². The highest BCUT2D eigenvalue weighted by molar-refractivity contribution is 7.97. The quantitative estimate of drug-likeness (QED) is 0.695. The Morgan fingerprint density at radius 3 is 2.67 bits per heavy atom. The van der Waals surface area contributed by atoms with E-state index in [0.717, 1.165) is 17.7 Å². The molecule has 1 rings (SSSR count). The van der Waals surface area contributed by atoms with Gasteiger partial charge in [0.25, 0.3) is 0 Å². The van der Waals surface area contributed by atoms with Crippen LogP contribution in [0.15, 0.2) is 18.2 Å². The number of hydrogen-bond acceptors (Lipinski definition) is 1. The van der Waals surface area contributed by atoms with Crippen LogP contribution in [0.3, 0.4) is 0 Å². The lowest BCUT2D eigenvalue weighted by molar-refractivity contribution is 0.625. The zero-order valence-electron chi connectivity index (χ0n) is 7.43. The molecule has 0 saturated carbocycles. The molecule has 2 heteroatoms. The Kier molecular flexibility index (Phi) is 3.60. The lowest BCUT2D eigenvalue weighted by atomic mass is 10.1. The lowest BCUT2D eigenvalue weighted by Gasteiger charge is -2.05. The summed E-state index contributed by atoms with van der Waals surface area (Å²) in [6, 6.07) is 5.04. The molecule has 0 fully saturated rings. The molecule has 0 aliphatic heterocycles. The van der Waals surface area contributed by atoms with Crippen molar-refractivity contribution in [3.8, 4) is 0 Å². The molecule has 0 spiro atoms. The van der Waals surface area contributed by atoms with Crippen LogP contribution in [0.4, 0.5) is 4.39 Å². The van der Waals surface area contributed by atoms with Crippen molar-refractivity contribution in [1.82, 2.24) is 0 Å². The number of thioether (sulfide) groups is 1. The van der Waals surface area contributed by atoms with Crippen LogP contribution in [0.2, 0.25) is 0 Å². The molecule has 0 nitrogen and oxygen atoms in total. The summed E-state index contributed by atoms with van der Waals surface area (Å²) < 4.78 is 12.8. The molecule has 1 aromatic rings. The zero-order valence-corrected chi connectivity index (χ0v) is 8.25. The van der Waals surface area contributed by atoms with Gasteiger partial charge in [-0.15, -0.1) is 0 Å². The standard InChI is InChI=1S/C10H13FS/c1-3-8-4-5-10(11)6-9(8)7-12-2/h4-6H,3,7H2,1-2H3. The molecule has 0 heterocycles. The van der Waals surface area contributed by atoms with Gasteiger partial charge in [0.1, 0.15) is 5.82 Å². The Labute approximate surface area is 77.2 Å². The van der Waals surface area contributed by atoms with Crippen molar-refractivity contribution in [3.63, 3.8) is 0 Å². The van der Waals surface area contributed by atoms with Gasteiger partial charge in [-0.2, -0.15) is 11.8 Å². The third-order valence-electron chi connectivity index (χ3n) is 1.85. The summed E-state index contributed by atoms with van der Waals surface area (Å²) in [7, 11) is 0. The Bertz CT molecular complexity index is 258. The Hall–Kier alpha value is -0.500. The molecule has 0 saturated heterocycles. The molecule has 0 aliphatic carbocycles. The van der Waals surface area contributed by atoms with Gasteiger partial charge >= 0.3 is 0 Å². The third kappa shape index (κ3) is 2.24. The maximum absolute atomic E-state index is 12.8. The van der Waals surface area contributed by atoms with Gasteiger partial charge < -0.3 is 0 Å². The minimum atomic E-state index is -0.128. The second-order valence-electron chi connectivity index (χ2n) is 2.70. The van der Waals surface area contributed by atoms with Crippen molar-refractivity contribution in [2.24, 2.45) is 0 Å². The molecule has 66 valence electrons. The van der Waals surface area contributed by atoms with Crippen LogP contribution >= 0.6 is 11.8 Å². The van der Waals surface area contributed by atoms with Gasteiger partial charge in [0.05, 0.1) is 0 Å². The number of halogens is 1. The van der Waals surface area contributed by atoms with Crippen molar-refractivity contribution < 1.29 is 4.39 Å². The third-order valence-corrected chi connectivity index (χ3v) is 2.45. The number of hydrogen-bond donors (Lipinski definition) is 0. The highest BCUT2D eigenvalue weighted by Gasteiger charge is 2.00. The van der Waals surface area contributed by atoms with E-state index in [1.165, 1.54) is 11.6 Å². The molecular weight excluding hydrogens is 171 g/mol. The van der Waals surface area contributed by atoms with Crippen molar-refractivity contribution in [1.29, 1.82) is 0 Å². The first-order valence-corrected chi connectivity index (χ1v) is 5.43. The van der Waals surface area contributed by atoms with Crippen molar-refractivity contribution >= 4 is 11.8 Å². The van der Waals surface area contributed by atoms with E-state index in [1.54, 1.807) is 17.8 Å². The Balaban J connectivity index is 2.95. The van der Waals surface area contributed by atoms with E-state index >= 15 is 0 Å². The van der Waals surface area contributed by atoms with E-state index in [4.69, 9.17) is 0 Å². The summed E-state index contributed by atoms with van der Waals surface area (Å²) in [5.41, 5.74) is 2.38. The second kappa shape index (κ2) is 4.51. The molecule has 1 aromatic carbocycles. The predicted molar refractivity (Wildman–Crippen MR) is 53.0 cm³/mol. The molecule has 0 aromatic heterocycles. The summed E-state index contributed by atoms with van der Waals surface area (Å²) in [6.07, 6.45) is 3.01. The second-order valence-corrected chi connectivity index (χ2v) is 3.57. The van der Waals surface area contributed by atoms with E-state index in [0.29, 0.717) is 0 Å². The first kappa shape index (κ1) is 9.59. The van der Waals surface area contributed by atoms with Crippen molar-refractivity contribution in [3.05, 3.63) is 35.1 Å². The van der Waals surface area contributed by atoms with E-state index < -0.39 is 0 Å². The lowest BCUT2D eigenvalue weighted by Crippen LogP contribution is -1.91. The van der Waals surface area contributed by atoms with Crippen LogP contribution in [-0.2, 0) is 12.2 Å². The molecule has 0 unspecified atom stereocenters. The maximum atomic E-state index is 12.8. The van der Waals surface area contributed by atoms with Crippen LogP contribution in [0.5, 0.6) is 0 Å². The van der Waals surface area contributed by atoms with Crippen molar-refractivity contribution in [2.45, 2.75) is 19.1 Å². The SMILES string of the molecule is CCc1ccc(F)cc1CSC. The summed E-state index contributed by atoms with van der Waals surface area (Å²) >= 11 is 1.73. The van der Waals surface area contributed by atoms with Gasteiger partial charge in [-0.3, -0.25) is 0 Å². The van der Waals surface area contributed by atoms with Gasteiger partial charge in [0, 0.05) is 5.75 Å². The highest BCUT2D eigenvalue weighted by atomic mass is 32.2. The van der Waals surface area contributed by atoms with Crippen LogP contribution in [-0.4, -0.2) is 6.26 Å². The molecule has 0 N–H and O–H groups in total. The van der Waals surface area contributed by atoms with Crippen LogP contribution < -0.4 is 0 Å². The molecule has 0 aliphatic rings. The monoisotopic (exact) mass is 184 g/mol. The fourth-order valence-electron chi connectivity index (χ4n) is 1.23. The normalized spacial score (nSPS) is 10.2. The number of benzene rings is 1. The fourth-order valence-corrected chi connectivity index (χ4v) is 1.81. The highest BCUT2D eigenvalue weighted by Crippen LogP contribution is 2.16. The van der Waals surface area contributed by atoms with Gasteiger partial charge in [0.2, 0.25) is 0 Å². The average molecular weight is 184 g/mol. The fraction of sp³-hybridized carbons (Fsp3) is 0.400. The van der Waals surface area contributed by atoms with Crippen LogP contribution in [0.1, 0.15) is 18.1 Å². The summed E-state index contributed by atoms with van der Waals surface area (Å²) in [6.45, 7) is 2.09. The Morgan fingerprint density at radius 1 is 1.33 bits per heavy atom. The molecular formula is C10H13FS. The van der Waals surface area contributed by atoms with Crippen molar-refractivity contribution in [2.75, 3.05) is 6.26 Å². The minimum absolute atomic E-state index is 0.128. The Morgan fingerprint density at radius 2 is 2.08 bits per heavy atom. The molecule has 0 radical (unpaired) electrons. The zero-order chi connectivity index (χ0) is 8.97.